The molecule has 0 unspecified atom stereocenters. The molecule has 1 spiro atoms. The van der Waals surface area contributed by atoms with Crippen LogP contribution in [0, 0.1) is 10.7 Å². The number of hydrogen-bond acceptors (Lipinski definition) is 3. The van der Waals surface area contributed by atoms with E-state index in [9.17, 15) is 0 Å². The summed E-state index contributed by atoms with van der Waals surface area (Å²) >= 11 is 2.48. The zero-order valence-electron chi connectivity index (χ0n) is 46.6. The van der Waals surface area contributed by atoms with Gasteiger partial charge in [0.05, 0.1) is 5.41 Å². The molecule has 378 valence electrons. The Morgan fingerprint density at radius 3 is 1.78 bits per heavy atom. The molecular formula is C70H56N4O2Pt. The maximum atomic E-state index is 8.92. The second-order valence-corrected chi connectivity index (χ2v) is 23.6. The summed E-state index contributed by atoms with van der Waals surface area (Å²) < 4.78 is 48.3. The van der Waals surface area contributed by atoms with Gasteiger partial charge in [0.15, 0.2) is 0 Å². The molecule has 1 aliphatic carbocycles. The van der Waals surface area contributed by atoms with Crippen molar-refractivity contribution in [3.8, 4) is 62.4 Å². The fraction of sp³-hybridized carbons (Fsp3) is 0.143. The van der Waals surface area contributed by atoms with Gasteiger partial charge in [-0.15, -0.1) is 0 Å². The second kappa shape index (κ2) is 17.4. The third-order valence-electron chi connectivity index (χ3n) is 15.8. The van der Waals surface area contributed by atoms with Gasteiger partial charge in [0.1, 0.15) is 11.5 Å². The summed E-state index contributed by atoms with van der Waals surface area (Å²) in [6, 6.07) is 71.6. The van der Waals surface area contributed by atoms with Crippen molar-refractivity contribution < 1.29 is 32.9 Å². The Balaban J connectivity index is 0.964. The van der Waals surface area contributed by atoms with E-state index in [4.69, 9.17) is 18.6 Å². The molecule has 0 fully saturated rings. The van der Waals surface area contributed by atoms with E-state index < -0.39 is 12.3 Å². The predicted molar refractivity (Wildman–Crippen MR) is 309 cm³/mol. The van der Waals surface area contributed by atoms with Crippen LogP contribution in [0.15, 0.2) is 212 Å². The molecule has 4 heterocycles. The number of pyridine rings is 1. The Morgan fingerprint density at radius 2 is 1.09 bits per heavy atom. The number of hydrogen-bond donors (Lipinski definition) is 0. The number of nitrogens with zero attached hydrogens (tertiary/aromatic N) is 4. The molecule has 0 bridgehead atoms. The SMILES string of the molecule is [2H]C([2H])([2H])c1cc(-n2c3cc(Oc4cccc(-n5[c](=[Pt])n(-c6cc(C(C)(C)C)cc(C(C)(C)C)c6)c6ccccc65)c4)ccc3c3cc4c(cc32)C2(c3ccccc3Oc3ccccc32)c2ccccc2-4)ncc1-c1ccccc1. The summed E-state index contributed by atoms with van der Waals surface area (Å²) in [4.78, 5) is 5.18. The zero-order valence-corrected chi connectivity index (χ0v) is 45.9. The Hall–Kier alpha value is -8.31. The van der Waals surface area contributed by atoms with Crippen molar-refractivity contribution in [2.75, 3.05) is 0 Å². The van der Waals surface area contributed by atoms with Gasteiger partial charge in [0.25, 0.3) is 0 Å². The smallest absolute Gasteiger partial charge is 0.457 e. The van der Waals surface area contributed by atoms with E-state index in [1.165, 1.54) is 16.7 Å². The van der Waals surface area contributed by atoms with Crippen LogP contribution in [0.25, 0.3) is 72.3 Å². The molecule has 0 amide bonds. The third-order valence-corrected chi connectivity index (χ3v) is 16.8. The molecule has 2 aliphatic rings. The molecule has 3 aromatic heterocycles. The van der Waals surface area contributed by atoms with E-state index >= 15 is 0 Å². The molecule has 1 aliphatic heterocycles. The predicted octanol–water partition coefficient (Wildman–Crippen LogP) is 17.8. The van der Waals surface area contributed by atoms with E-state index in [-0.39, 0.29) is 16.4 Å². The Bertz CT molecular complexity index is 4510. The van der Waals surface area contributed by atoms with E-state index in [1.807, 2.05) is 60.7 Å². The number of para-hydroxylation sites is 4. The van der Waals surface area contributed by atoms with Crippen molar-refractivity contribution in [2.45, 2.75) is 64.6 Å². The maximum absolute atomic E-state index is 8.92. The van der Waals surface area contributed by atoms with E-state index in [0.29, 0.717) is 22.9 Å². The topological polar surface area (TPSA) is 46.1 Å². The average molecular weight is 1180 g/mol. The average Bonchev–Trinajstić information content (AvgIpc) is 4.20. The van der Waals surface area contributed by atoms with Crippen molar-refractivity contribution >= 4 is 32.8 Å². The van der Waals surface area contributed by atoms with Crippen LogP contribution in [-0.2, 0) is 35.6 Å². The van der Waals surface area contributed by atoms with Gasteiger partial charge in [-0.3, -0.25) is 0 Å². The molecule has 6 nitrogen and oxygen atoms in total. The zero-order chi connectivity index (χ0) is 55.0. The molecule has 9 aromatic carbocycles. The summed E-state index contributed by atoms with van der Waals surface area (Å²) in [5.41, 5.74) is 16.0. The molecule has 12 aromatic rings. The number of fused-ring (bicyclic) bond motifs is 13. The quantitative estimate of drug-likeness (QED) is 0.167. The van der Waals surface area contributed by atoms with Crippen molar-refractivity contribution in [2.24, 2.45) is 0 Å². The molecule has 14 rings (SSSR count). The van der Waals surface area contributed by atoms with Crippen LogP contribution < -0.4 is 9.47 Å². The Morgan fingerprint density at radius 1 is 0.481 bits per heavy atom. The van der Waals surface area contributed by atoms with Crippen LogP contribution in [0.3, 0.4) is 0 Å². The normalized spacial score (nSPS) is 14.2. The number of rotatable bonds is 6. The first kappa shape index (κ1) is 43.9. The number of aromatic nitrogens is 4. The van der Waals surface area contributed by atoms with Crippen LogP contribution >= 0.6 is 0 Å². The first-order chi connectivity index (χ1) is 38.5. The van der Waals surface area contributed by atoms with Gasteiger partial charge in [-0.1, -0.05) is 91.0 Å². The Labute approximate surface area is 464 Å². The minimum Gasteiger partial charge on any atom is -0.457 e. The fourth-order valence-electron chi connectivity index (χ4n) is 12.1. The first-order valence-electron chi connectivity index (χ1n) is 27.8. The summed E-state index contributed by atoms with van der Waals surface area (Å²) in [6.45, 7) is 11.2. The molecular weight excluding hydrogens is 1120 g/mol. The molecule has 0 radical (unpaired) electrons. The Kier molecular flexibility index (Phi) is 9.89. The van der Waals surface area contributed by atoms with Gasteiger partial charge < -0.3 is 4.74 Å². The summed E-state index contributed by atoms with van der Waals surface area (Å²) in [7, 11) is 0. The van der Waals surface area contributed by atoms with Gasteiger partial charge in [-0.25, -0.2) is 0 Å². The number of ether oxygens (including phenoxy) is 2. The first-order valence-corrected chi connectivity index (χ1v) is 27.4. The molecule has 77 heavy (non-hydrogen) atoms. The van der Waals surface area contributed by atoms with Crippen LogP contribution in [-0.4, -0.2) is 18.7 Å². The molecule has 0 N–H and O–H groups in total. The van der Waals surface area contributed by atoms with Crippen molar-refractivity contribution in [3.05, 3.63) is 255 Å². The minimum absolute atomic E-state index is 0.0481. The van der Waals surface area contributed by atoms with Crippen molar-refractivity contribution in [1.82, 2.24) is 18.7 Å². The summed E-state index contributed by atoms with van der Waals surface area (Å²) in [5.74, 6) is 3.38. The summed E-state index contributed by atoms with van der Waals surface area (Å²) in [5, 5.41) is 1.98. The number of benzene rings is 9. The van der Waals surface area contributed by atoms with E-state index in [1.54, 1.807) is 12.3 Å². The van der Waals surface area contributed by atoms with Gasteiger partial charge in [0.2, 0.25) is 0 Å². The fourth-order valence-corrected chi connectivity index (χ4v) is 13.2. The minimum atomic E-state index is -2.45. The van der Waals surface area contributed by atoms with Crippen molar-refractivity contribution in [1.29, 1.82) is 0 Å². The van der Waals surface area contributed by atoms with E-state index in [0.717, 1.165) is 92.9 Å². The van der Waals surface area contributed by atoms with Gasteiger partial charge >= 0.3 is 275 Å². The second-order valence-electron chi connectivity index (χ2n) is 22.5. The standard InChI is InChI=1S/C70H56N4O2.Pt/c1-44-34-67(71-42-56(44)45-20-9-8-10-21-45)74-63-39-51(75-50-23-19-22-48(38-50)72-43-73(62-29-16-15-28-61(62)72)49-36-46(68(2,3)4)35-47(37-49)69(5,6)7)32-33-53(63)55-40-54-52-24-11-12-25-57(52)70(60(54)41-64(55)74)58-26-13-17-30-65(58)76-66-31-18-14-27-59(66)70;/h8-42H,1-7H3;/i1D3;. The number of imidazole rings is 1. The molecule has 0 atom stereocenters. The van der Waals surface area contributed by atoms with Gasteiger partial charge in [-0.2, -0.15) is 0 Å². The van der Waals surface area contributed by atoms with Crippen LogP contribution in [0.1, 0.15) is 84.6 Å². The molecule has 7 heteroatoms. The molecule has 0 saturated carbocycles. The van der Waals surface area contributed by atoms with Crippen LogP contribution in [0.5, 0.6) is 23.0 Å². The van der Waals surface area contributed by atoms with Crippen LogP contribution in [0.4, 0.5) is 0 Å². The molecule has 0 saturated heterocycles. The van der Waals surface area contributed by atoms with Gasteiger partial charge in [-0.05, 0) is 52.4 Å². The number of aryl methyl sites for hydroxylation is 1. The van der Waals surface area contributed by atoms with Gasteiger partial charge in [0, 0.05) is 27.0 Å². The van der Waals surface area contributed by atoms with E-state index in [2.05, 4.69) is 214 Å². The van der Waals surface area contributed by atoms with Crippen molar-refractivity contribution in [3.63, 3.8) is 0 Å². The third kappa shape index (κ3) is 7.32. The summed E-state index contributed by atoms with van der Waals surface area (Å²) in [6.07, 6.45) is 1.71. The van der Waals surface area contributed by atoms with Crippen LogP contribution in [0.2, 0.25) is 0 Å². The monoisotopic (exact) mass is 1180 g/mol.